The quantitative estimate of drug-likeness (QED) is 0.824. The lowest BCUT2D eigenvalue weighted by Crippen LogP contribution is -2.37. The maximum atomic E-state index is 12.7. The molecule has 0 aliphatic heterocycles. The van der Waals surface area contributed by atoms with E-state index in [1.165, 1.54) is 18.4 Å². The molecule has 2 aliphatic carbocycles. The molecule has 4 atom stereocenters. The molecule has 1 amide bonds. The molecule has 2 bridgehead atoms. The standard InChI is InChI=1S/C16H19NO5S/c1-7-5-10(16(21)22-2)14(23-7)17-13(18)11-8-3-4-9(6-8)12(11)15(19)20/h5,8-9,11-12H,3-4,6H2,1-2H3,(H,17,18)(H,19,20). The Bertz CT molecular complexity index is 667. The fraction of sp³-hybridized carbons (Fsp3) is 0.562. The molecule has 0 aromatic carbocycles. The first-order valence-electron chi connectivity index (χ1n) is 7.64. The third-order valence-electron chi connectivity index (χ3n) is 5.00. The van der Waals surface area contributed by atoms with Crippen LogP contribution in [0.15, 0.2) is 6.07 Å². The van der Waals surface area contributed by atoms with Crippen LogP contribution < -0.4 is 5.32 Å². The van der Waals surface area contributed by atoms with Crippen molar-refractivity contribution in [3.05, 3.63) is 16.5 Å². The summed E-state index contributed by atoms with van der Waals surface area (Å²) in [7, 11) is 1.29. The van der Waals surface area contributed by atoms with Crippen LogP contribution in [0.25, 0.3) is 0 Å². The van der Waals surface area contributed by atoms with E-state index in [9.17, 15) is 19.5 Å². The summed E-state index contributed by atoms with van der Waals surface area (Å²) >= 11 is 1.29. The summed E-state index contributed by atoms with van der Waals surface area (Å²) in [5, 5.41) is 12.7. The Balaban J connectivity index is 1.82. The fourth-order valence-corrected chi connectivity index (χ4v) is 4.99. The first-order chi connectivity index (χ1) is 10.9. The highest BCUT2D eigenvalue weighted by atomic mass is 32.1. The average Bonchev–Trinajstić information content (AvgIpc) is 3.19. The predicted octanol–water partition coefficient (Wildman–Crippen LogP) is 2.53. The number of carbonyl (C=O) groups is 3. The lowest BCUT2D eigenvalue weighted by molar-refractivity contribution is -0.148. The number of hydrogen-bond acceptors (Lipinski definition) is 5. The number of aryl methyl sites for hydroxylation is 1. The summed E-state index contributed by atoms with van der Waals surface area (Å²) in [5.74, 6) is -2.60. The largest absolute Gasteiger partial charge is 0.481 e. The number of fused-ring (bicyclic) bond motifs is 2. The lowest BCUT2D eigenvalue weighted by Gasteiger charge is -2.26. The molecule has 2 aliphatic rings. The number of methoxy groups -OCH3 is 1. The van der Waals surface area contributed by atoms with E-state index in [1.807, 2.05) is 6.92 Å². The first kappa shape index (κ1) is 16.0. The molecule has 1 aromatic rings. The van der Waals surface area contributed by atoms with Crippen molar-refractivity contribution in [1.82, 2.24) is 0 Å². The minimum atomic E-state index is -0.895. The van der Waals surface area contributed by atoms with Crippen molar-refractivity contribution in [3.8, 4) is 0 Å². The minimum absolute atomic E-state index is 0.0957. The van der Waals surface area contributed by atoms with Gasteiger partial charge in [-0.1, -0.05) is 0 Å². The Morgan fingerprint density at radius 1 is 1.26 bits per heavy atom. The van der Waals surface area contributed by atoms with Gasteiger partial charge in [0.1, 0.15) is 5.00 Å². The maximum absolute atomic E-state index is 12.7. The number of carboxylic acids is 1. The van der Waals surface area contributed by atoms with Gasteiger partial charge in [0.25, 0.3) is 0 Å². The predicted molar refractivity (Wildman–Crippen MR) is 84.5 cm³/mol. The van der Waals surface area contributed by atoms with Gasteiger partial charge in [-0.05, 0) is 44.1 Å². The van der Waals surface area contributed by atoms with Crippen LogP contribution in [0, 0.1) is 30.6 Å². The topological polar surface area (TPSA) is 92.7 Å². The molecule has 0 saturated heterocycles. The molecule has 4 unspecified atom stereocenters. The van der Waals surface area contributed by atoms with Crippen molar-refractivity contribution in [1.29, 1.82) is 0 Å². The van der Waals surface area contributed by atoms with Crippen LogP contribution >= 0.6 is 11.3 Å². The van der Waals surface area contributed by atoms with Crippen molar-refractivity contribution in [2.45, 2.75) is 26.2 Å². The summed E-state index contributed by atoms with van der Waals surface area (Å²) in [6, 6.07) is 1.67. The van der Waals surface area contributed by atoms with Gasteiger partial charge in [0, 0.05) is 4.88 Å². The monoisotopic (exact) mass is 337 g/mol. The molecule has 0 radical (unpaired) electrons. The number of rotatable bonds is 4. The van der Waals surface area contributed by atoms with Crippen molar-refractivity contribution in [3.63, 3.8) is 0 Å². The number of nitrogens with one attached hydrogen (secondary N) is 1. The minimum Gasteiger partial charge on any atom is -0.481 e. The highest BCUT2D eigenvalue weighted by Crippen LogP contribution is 2.52. The highest BCUT2D eigenvalue weighted by Gasteiger charge is 2.54. The fourth-order valence-electron chi connectivity index (χ4n) is 4.09. The number of carboxylic acid groups (broad SMARTS) is 1. The summed E-state index contributed by atoms with van der Waals surface area (Å²) in [4.78, 5) is 36.9. The lowest BCUT2D eigenvalue weighted by atomic mass is 9.79. The van der Waals surface area contributed by atoms with Crippen molar-refractivity contribution in [2.24, 2.45) is 23.7 Å². The number of hydrogen-bond donors (Lipinski definition) is 2. The zero-order valence-corrected chi connectivity index (χ0v) is 13.8. The zero-order valence-electron chi connectivity index (χ0n) is 13.0. The summed E-state index contributed by atoms with van der Waals surface area (Å²) in [6.45, 7) is 1.84. The first-order valence-corrected chi connectivity index (χ1v) is 8.46. The molecule has 2 N–H and O–H groups in total. The molecule has 7 heteroatoms. The average molecular weight is 337 g/mol. The number of thiophene rings is 1. The molecule has 1 heterocycles. The van der Waals surface area contributed by atoms with Crippen LogP contribution in [0.3, 0.4) is 0 Å². The molecular weight excluding hydrogens is 318 g/mol. The van der Waals surface area contributed by atoms with E-state index in [0.29, 0.717) is 10.6 Å². The number of aliphatic carboxylic acids is 1. The van der Waals surface area contributed by atoms with Gasteiger partial charge in [-0.25, -0.2) is 4.79 Å². The Morgan fingerprint density at radius 3 is 2.52 bits per heavy atom. The molecule has 2 saturated carbocycles. The SMILES string of the molecule is COC(=O)c1cc(C)sc1NC(=O)C1C2CCC(C2)C1C(=O)O. The number of ether oxygens (including phenoxy) is 1. The van der Waals surface area contributed by atoms with Crippen molar-refractivity contribution < 1.29 is 24.2 Å². The maximum Gasteiger partial charge on any atom is 0.340 e. The normalized spacial score (nSPS) is 28.6. The van der Waals surface area contributed by atoms with E-state index in [2.05, 4.69) is 5.32 Å². The van der Waals surface area contributed by atoms with E-state index in [-0.39, 0.29) is 17.7 Å². The summed E-state index contributed by atoms with van der Waals surface area (Å²) in [5.41, 5.74) is 0.318. The Labute approximate surface area is 137 Å². The van der Waals surface area contributed by atoms with E-state index < -0.39 is 23.8 Å². The van der Waals surface area contributed by atoms with Crippen molar-refractivity contribution in [2.75, 3.05) is 12.4 Å². The molecular formula is C16H19NO5S. The van der Waals surface area contributed by atoms with Gasteiger partial charge in [0.05, 0.1) is 24.5 Å². The van der Waals surface area contributed by atoms with Crippen LogP contribution in [0.5, 0.6) is 0 Å². The molecule has 0 spiro atoms. The van der Waals surface area contributed by atoms with Crippen LogP contribution in [0.1, 0.15) is 34.5 Å². The molecule has 23 heavy (non-hydrogen) atoms. The Kier molecular flexibility index (Phi) is 4.14. The third-order valence-corrected chi connectivity index (χ3v) is 5.97. The molecule has 6 nitrogen and oxygen atoms in total. The Morgan fingerprint density at radius 2 is 1.91 bits per heavy atom. The number of esters is 1. The second-order valence-electron chi connectivity index (χ2n) is 6.30. The van der Waals surface area contributed by atoms with E-state index in [1.54, 1.807) is 6.07 Å². The number of amides is 1. The molecule has 2 fully saturated rings. The second kappa shape index (κ2) is 5.96. The van der Waals surface area contributed by atoms with Gasteiger partial charge < -0.3 is 15.2 Å². The summed E-state index contributed by atoms with van der Waals surface area (Å²) in [6.07, 6.45) is 2.60. The number of anilines is 1. The van der Waals surface area contributed by atoms with Crippen LogP contribution in [-0.4, -0.2) is 30.1 Å². The smallest absolute Gasteiger partial charge is 0.340 e. The zero-order chi connectivity index (χ0) is 16.7. The van der Waals surface area contributed by atoms with E-state index in [0.717, 1.165) is 24.1 Å². The van der Waals surface area contributed by atoms with Crippen LogP contribution in [0.4, 0.5) is 5.00 Å². The summed E-state index contributed by atoms with van der Waals surface area (Å²) < 4.78 is 4.73. The highest BCUT2D eigenvalue weighted by molar-refractivity contribution is 7.16. The van der Waals surface area contributed by atoms with Gasteiger partial charge >= 0.3 is 11.9 Å². The van der Waals surface area contributed by atoms with Gasteiger partial charge in [0.15, 0.2) is 0 Å². The van der Waals surface area contributed by atoms with E-state index in [4.69, 9.17) is 4.74 Å². The van der Waals surface area contributed by atoms with Crippen LogP contribution in [0.2, 0.25) is 0 Å². The molecule has 1 aromatic heterocycles. The Hall–Kier alpha value is -1.89. The van der Waals surface area contributed by atoms with Crippen LogP contribution in [-0.2, 0) is 14.3 Å². The molecule has 124 valence electrons. The van der Waals surface area contributed by atoms with Gasteiger partial charge in [-0.15, -0.1) is 11.3 Å². The van der Waals surface area contributed by atoms with E-state index >= 15 is 0 Å². The van der Waals surface area contributed by atoms with Gasteiger partial charge in [-0.3, -0.25) is 9.59 Å². The second-order valence-corrected chi connectivity index (χ2v) is 7.56. The molecule has 3 rings (SSSR count). The van der Waals surface area contributed by atoms with Gasteiger partial charge in [0.2, 0.25) is 5.91 Å². The van der Waals surface area contributed by atoms with Crippen molar-refractivity contribution >= 4 is 34.2 Å². The van der Waals surface area contributed by atoms with Gasteiger partial charge in [-0.2, -0.15) is 0 Å². The number of carbonyl (C=O) groups excluding carboxylic acids is 2. The third kappa shape index (κ3) is 2.73.